The summed E-state index contributed by atoms with van der Waals surface area (Å²) >= 11 is 2.65. The molecule has 12 nitrogen and oxygen atoms in total. The third kappa shape index (κ3) is 9.65. The Morgan fingerprint density at radius 3 is 1.41 bits per heavy atom. The van der Waals surface area contributed by atoms with E-state index in [1.807, 2.05) is 68.4 Å². The maximum atomic E-state index is 12.6. The number of thioether (sulfide) groups is 2. The number of aromatic amines is 2. The number of aromatic nitrogens is 4. The first-order valence-electron chi connectivity index (χ1n) is 17.2. The van der Waals surface area contributed by atoms with Gasteiger partial charge in [0.1, 0.15) is 34.5 Å². The predicted octanol–water partition coefficient (Wildman–Crippen LogP) is 9.28. The number of anilines is 2. The number of hydrogen-bond donors (Lipinski definition) is 4. The van der Waals surface area contributed by atoms with Crippen LogP contribution in [-0.4, -0.2) is 56.5 Å². The van der Waals surface area contributed by atoms with E-state index in [9.17, 15) is 9.59 Å². The van der Waals surface area contributed by atoms with Gasteiger partial charge in [-0.2, -0.15) is 0 Å². The van der Waals surface area contributed by atoms with Gasteiger partial charge in [0.05, 0.1) is 46.8 Å². The van der Waals surface area contributed by atoms with Crippen LogP contribution in [0.5, 0.6) is 34.5 Å². The molecule has 14 heteroatoms. The largest absolute Gasteiger partial charge is 0.494 e. The van der Waals surface area contributed by atoms with Crippen molar-refractivity contribution in [2.45, 2.75) is 24.2 Å². The fraction of sp³-hybridized carbons (Fsp3) is 0.150. The molecular formula is C40H36N6O6S2. The second kappa shape index (κ2) is 17.1. The molecule has 7 rings (SSSR count). The lowest BCUT2D eigenvalue weighted by Crippen LogP contribution is -2.14. The minimum absolute atomic E-state index is 0.153. The first kappa shape index (κ1) is 36.2. The first-order valence-corrected chi connectivity index (χ1v) is 19.1. The molecule has 2 aromatic heterocycles. The highest BCUT2D eigenvalue weighted by molar-refractivity contribution is 8.00. The lowest BCUT2D eigenvalue weighted by Gasteiger charge is -2.11. The van der Waals surface area contributed by atoms with E-state index >= 15 is 0 Å². The molecule has 0 saturated carbocycles. The van der Waals surface area contributed by atoms with Crippen LogP contribution >= 0.6 is 23.5 Å². The molecule has 7 aromatic rings. The number of benzene rings is 5. The summed E-state index contributed by atoms with van der Waals surface area (Å²) in [5.41, 5.74) is 4.65. The van der Waals surface area contributed by atoms with E-state index in [0.717, 1.165) is 33.6 Å². The highest BCUT2D eigenvalue weighted by Crippen LogP contribution is 2.30. The number of nitrogens with one attached hydrogen (secondary N) is 4. The molecule has 5 aromatic carbocycles. The molecule has 2 amide bonds. The second-order valence-electron chi connectivity index (χ2n) is 11.7. The maximum Gasteiger partial charge on any atom is 0.234 e. The Balaban J connectivity index is 0.855. The van der Waals surface area contributed by atoms with Crippen molar-refractivity contribution < 1.29 is 28.5 Å². The van der Waals surface area contributed by atoms with Crippen molar-refractivity contribution in [3.63, 3.8) is 0 Å². The topological polar surface area (TPSA) is 152 Å². The molecule has 0 aliphatic rings. The van der Waals surface area contributed by atoms with Crippen molar-refractivity contribution in [2.24, 2.45) is 0 Å². The van der Waals surface area contributed by atoms with Crippen molar-refractivity contribution in [2.75, 3.05) is 35.4 Å². The van der Waals surface area contributed by atoms with Crippen LogP contribution in [0.2, 0.25) is 0 Å². The van der Waals surface area contributed by atoms with E-state index < -0.39 is 0 Å². The molecule has 0 fully saturated rings. The van der Waals surface area contributed by atoms with Crippen LogP contribution in [0.15, 0.2) is 120 Å². The number of H-pyrrole nitrogens is 2. The summed E-state index contributed by atoms with van der Waals surface area (Å²) < 4.78 is 23.2. The van der Waals surface area contributed by atoms with Gasteiger partial charge in [-0.05, 0) is 98.8 Å². The minimum atomic E-state index is -0.153. The molecule has 0 aliphatic heterocycles. The summed E-state index contributed by atoms with van der Waals surface area (Å²) in [5.74, 6) is 3.99. The van der Waals surface area contributed by atoms with Crippen molar-refractivity contribution in [1.82, 2.24) is 19.9 Å². The maximum absolute atomic E-state index is 12.6. The lowest BCUT2D eigenvalue weighted by molar-refractivity contribution is -0.114. The number of imidazole rings is 2. The Bertz CT molecular complexity index is 2220. The normalized spacial score (nSPS) is 11.0. The van der Waals surface area contributed by atoms with Gasteiger partial charge in [0.15, 0.2) is 10.3 Å². The van der Waals surface area contributed by atoms with Crippen LogP contribution in [-0.2, 0) is 9.59 Å². The van der Waals surface area contributed by atoms with Gasteiger partial charge in [0, 0.05) is 29.6 Å². The molecule has 4 N–H and O–H groups in total. The smallest absolute Gasteiger partial charge is 0.234 e. The average Bonchev–Trinajstić information content (AvgIpc) is 3.78. The van der Waals surface area contributed by atoms with E-state index in [1.165, 1.54) is 23.5 Å². The molecule has 0 spiro atoms. The van der Waals surface area contributed by atoms with Crippen LogP contribution in [0, 0.1) is 0 Å². The fourth-order valence-electron chi connectivity index (χ4n) is 5.33. The number of rotatable bonds is 16. The molecule has 274 valence electrons. The van der Waals surface area contributed by atoms with E-state index in [1.54, 1.807) is 54.6 Å². The summed E-state index contributed by atoms with van der Waals surface area (Å²) in [6, 6.07) is 32.9. The molecule has 2 heterocycles. The van der Waals surface area contributed by atoms with Gasteiger partial charge in [0.25, 0.3) is 0 Å². The SMILES string of the molecule is CCOc1ccc2nc(SCC(=O)Nc3ccc(Oc4cccc(Oc5ccc(NC(=O)CSc6nc7ccc(OCC)cc7[nH]6)cc5)c4)cc3)[nH]c2c1. The van der Waals surface area contributed by atoms with Crippen LogP contribution in [0.4, 0.5) is 11.4 Å². The van der Waals surface area contributed by atoms with E-state index in [2.05, 4.69) is 30.6 Å². The van der Waals surface area contributed by atoms with Gasteiger partial charge in [-0.3, -0.25) is 9.59 Å². The molecule has 0 bridgehead atoms. The Labute approximate surface area is 319 Å². The molecule has 0 radical (unpaired) electrons. The van der Waals surface area contributed by atoms with Crippen molar-refractivity contribution in [3.8, 4) is 34.5 Å². The number of carbonyl (C=O) groups excluding carboxylic acids is 2. The highest BCUT2D eigenvalue weighted by Gasteiger charge is 2.11. The van der Waals surface area contributed by atoms with E-state index in [0.29, 0.717) is 57.9 Å². The molecule has 0 saturated heterocycles. The number of hydrogen-bond acceptors (Lipinski definition) is 10. The van der Waals surface area contributed by atoms with Crippen molar-refractivity contribution in [3.05, 3.63) is 109 Å². The zero-order valence-corrected chi connectivity index (χ0v) is 31.0. The van der Waals surface area contributed by atoms with Crippen molar-refractivity contribution >= 4 is 68.8 Å². The van der Waals surface area contributed by atoms with Crippen molar-refractivity contribution in [1.29, 1.82) is 0 Å². The average molecular weight is 761 g/mol. The van der Waals surface area contributed by atoms with E-state index in [4.69, 9.17) is 18.9 Å². The third-order valence-corrected chi connectivity index (χ3v) is 9.46. The fourth-order valence-corrected chi connectivity index (χ4v) is 6.70. The monoisotopic (exact) mass is 760 g/mol. The summed E-state index contributed by atoms with van der Waals surface area (Å²) in [6.07, 6.45) is 0. The highest BCUT2D eigenvalue weighted by atomic mass is 32.2. The standard InChI is InChI=1S/C40H36N6O6S2/c1-3-49-29-16-18-33-35(21-29)45-39(43-33)53-23-37(47)41-25-8-12-27(13-9-25)51-31-6-5-7-32(20-31)52-28-14-10-26(11-15-28)42-38(48)24-54-40-44-34-19-17-30(50-4-2)22-36(34)46-40/h5-22H,3-4,23-24H2,1-2H3,(H,41,47)(H,42,48)(H,43,45)(H,44,46). The van der Waals surface area contributed by atoms with Crippen LogP contribution in [0.25, 0.3) is 22.1 Å². The van der Waals surface area contributed by atoms with Gasteiger partial charge >= 0.3 is 0 Å². The van der Waals surface area contributed by atoms with Crippen LogP contribution < -0.4 is 29.6 Å². The van der Waals surface area contributed by atoms with Gasteiger partial charge < -0.3 is 39.5 Å². The van der Waals surface area contributed by atoms with Crippen LogP contribution in [0.3, 0.4) is 0 Å². The Hall–Kier alpha value is -6.12. The molecule has 54 heavy (non-hydrogen) atoms. The molecule has 0 unspecified atom stereocenters. The summed E-state index contributed by atoms with van der Waals surface area (Å²) in [6.45, 7) is 5.05. The zero-order chi connectivity index (χ0) is 37.3. The first-order chi connectivity index (χ1) is 26.4. The van der Waals surface area contributed by atoms with Gasteiger partial charge in [-0.15, -0.1) is 0 Å². The minimum Gasteiger partial charge on any atom is -0.494 e. The summed E-state index contributed by atoms with van der Waals surface area (Å²) in [7, 11) is 0. The molecular weight excluding hydrogens is 725 g/mol. The Morgan fingerprint density at radius 1 is 0.556 bits per heavy atom. The Kier molecular flexibility index (Phi) is 11.5. The van der Waals surface area contributed by atoms with Gasteiger partial charge in [-0.1, -0.05) is 29.6 Å². The lowest BCUT2D eigenvalue weighted by atomic mass is 10.2. The summed E-state index contributed by atoms with van der Waals surface area (Å²) in [4.78, 5) is 40.8. The number of fused-ring (bicyclic) bond motifs is 2. The Morgan fingerprint density at radius 2 is 0.981 bits per heavy atom. The number of carbonyl (C=O) groups is 2. The quantitative estimate of drug-likeness (QED) is 0.0702. The molecule has 0 aliphatic carbocycles. The number of amides is 2. The van der Waals surface area contributed by atoms with Gasteiger partial charge in [-0.25, -0.2) is 9.97 Å². The van der Waals surface area contributed by atoms with Gasteiger partial charge in [0.2, 0.25) is 11.8 Å². The molecule has 0 atom stereocenters. The van der Waals surface area contributed by atoms with E-state index in [-0.39, 0.29) is 23.3 Å². The second-order valence-corrected chi connectivity index (χ2v) is 13.6. The predicted molar refractivity (Wildman–Crippen MR) is 213 cm³/mol. The number of ether oxygens (including phenoxy) is 4. The third-order valence-electron chi connectivity index (χ3n) is 7.72. The van der Waals surface area contributed by atoms with Crippen LogP contribution in [0.1, 0.15) is 13.8 Å². The summed E-state index contributed by atoms with van der Waals surface area (Å²) in [5, 5.41) is 7.14. The number of nitrogens with zero attached hydrogens (tertiary/aromatic N) is 2. The zero-order valence-electron chi connectivity index (χ0n) is 29.4.